The summed E-state index contributed by atoms with van der Waals surface area (Å²) in [6.07, 6.45) is 2.05. The fourth-order valence-electron chi connectivity index (χ4n) is 2.61. The zero-order valence-electron chi connectivity index (χ0n) is 14.7. The molecule has 0 aliphatic rings. The molecule has 0 saturated carbocycles. The van der Waals surface area contributed by atoms with Gasteiger partial charge < -0.3 is 18.8 Å². The minimum atomic E-state index is -0.156. The predicted octanol–water partition coefficient (Wildman–Crippen LogP) is 2.07. The molecule has 0 atom stereocenters. The summed E-state index contributed by atoms with van der Waals surface area (Å²) in [5.41, 5.74) is 1.10. The van der Waals surface area contributed by atoms with Crippen molar-refractivity contribution >= 4 is 5.91 Å². The Bertz CT molecular complexity index is 941. The van der Waals surface area contributed by atoms with Crippen LogP contribution in [-0.2, 0) is 24.3 Å². The molecule has 1 N–H and O–H groups in total. The second-order valence-corrected chi connectivity index (χ2v) is 5.81. The van der Waals surface area contributed by atoms with Crippen molar-refractivity contribution < 1.29 is 13.7 Å². The summed E-state index contributed by atoms with van der Waals surface area (Å²) < 4.78 is 12.0. The van der Waals surface area contributed by atoms with E-state index in [2.05, 4.69) is 15.5 Å². The first kappa shape index (κ1) is 17.7. The summed E-state index contributed by atoms with van der Waals surface area (Å²) in [6, 6.07) is 7.08. The lowest BCUT2D eigenvalue weighted by atomic mass is 10.2. The number of carbonyl (C=O) groups excluding carboxylic acids is 1. The summed E-state index contributed by atoms with van der Waals surface area (Å²) in [5.74, 6) is 1.09. The normalized spacial score (nSPS) is 10.8. The van der Waals surface area contributed by atoms with Gasteiger partial charge >= 0.3 is 0 Å². The number of nitrogens with zero attached hydrogens (tertiary/aromatic N) is 3. The van der Waals surface area contributed by atoms with E-state index in [-0.39, 0.29) is 23.7 Å². The van der Waals surface area contributed by atoms with Crippen LogP contribution in [0.2, 0.25) is 0 Å². The van der Waals surface area contributed by atoms with Gasteiger partial charge in [0.1, 0.15) is 5.76 Å². The highest BCUT2D eigenvalue weighted by atomic mass is 16.5. The van der Waals surface area contributed by atoms with Gasteiger partial charge in [-0.15, -0.1) is 0 Å². The van der Waals surface area contributed by atoms with Gasteiger partial charge in [-0.3, -0.25) is 9.59 Å². The topological polar surface area (TPSA) is 103 Å². The summed E-state index contributed by atoms with van der Waals surface area (Å²) in [5, 5.41) is 6.62. The second-order valence-electron chi connectivity index (χ2n) is 5.81. The standard InChI is InChI=1S/C18H20N4O4/c1-3-22-12(2)6-7-14(18(22)24)17-20-16(26-21-17)9-8-15(23)19-11-13-5-4-10-25-13/h4-7,10H,3,8-9,11H2,1-2H3,(H,19,23). The lowest BCUT2D eigenvalue weighted by molar-refractivity contribution is -0.121. The molecule has 8 nitrogen and oxygen atoms in total. The van der Waals surface area contributed by atoms with Crippen LogP contribution in [0.3, 0.4) is 0 Å². The maximum absolute atomic E-state index is 12.5. The third kappa shape index (κ3) is 3.90. The number of amides is 1. The number of aromatic nitrogens is 3. The Labute approximate surface area is 149 Å². The predicted molar refractivity (Wildman–Crippen MR) is 93.3 cm³/mol. The maximum Gasteiger partial charge on any atom is 0.261 e. The van der Waals surface area contributed by atoms with E-state index in [4.69, 9.17) is 8.94 Å². The van der Waals surface area contributed by atoms with Gasteiger partial charge in [0.05, 0.1) is 18.4 Å². The van der Waals surface area contributed by atoms with E-state index < -0.39 is 0 Å². The third-order valence-corrected chi connectivity index (χ3v) is 4.02. The molecule has 0 spiro atoms. The SMILES string of the molecule is CCn1c(C)ccc(-c2noc(CCC(=O)NCc3ccco3)n2)c1=O. The molecule has 3 heterocycles. The molecular formula is C18H20N4O4. The van der Waals surface area contributed by atoms with Crippen LogP contribution in [-0.4, -0.2) is 20.6 Å². The fraction of sp³-hybridized carbons (Fsp3) is 0.333. The van der Waals surface area contributed by atoms with E-state index >= 15 is 0 Å². The first-order chi connectivity index (χ1) is 12.6. The molecule has 0 bridgehead atoms. The van der Waals surface area contributed by atoms with Gasteiger partial charge in [0.15, 0.2) is 0 Å². The number of furan rings is 1. The molecule has 8 heteroatoms. The number of pyridine rings is 1. The zero-order valence-corrected chi connectivity index (χ0v) is 14.7. The van der Waals surface area contributed by atoms with Gasteiger partial charge in [-0.2, -0.15) is 4.98 Å². The van der Waals surface area contributed by atoms with Crippen molar-refractivity contribution in [2.75, 3.05) is 0 Å². The highest BCUT2D eigenvalue weighted by Gasteiger charge is 2.15. The van der Waals surface area contributed by atoms with Crippen LogP contribution in [0.1, 0.15) is 30.7 Å². The number of nitrogens with one attached hydrogen (secondary N) is 1. The molecule has 0 aromatic carbocycles. The van der Waals surface area contributed by atoms with Gasteiger partial charge in [-0.05, 0) is 38.1 Å². The highest BCUT2D eigenvalue weighted by molar-refractivity contribution is 5.75. The molecule has 0 aliphatic carbocycles. The van der Waals surface area contributed by atoms with E-state index in [9.17, 15) is 9.59 Å². The monoisotopic (exact) mass is 356 g/mol. The second kappa shape index (κ2) is 7.81. The summed E-state index contributed by atoms with van der Waals surface area (Å²) in [6.45, 7) is 4.68. The van der Waals surface area contributed by atoms with Crippen LogP contribution >= 0.6 is 0 Å². The van der Waals surface area contributed by atoms with E-state index in [1.807, 2.05) is 19.9 Å². The maximum atomic E-state index is 12.5. The fourth-order valence-corrected chi connectivity index (χ4v) is 2.61. The molecule has 136 valence electrons. The lowest BCUT2D eigenvalue weighted by Gasteiger charge is -2.07. The Kier molecular flexibility index (Phi) is 5.31. The Balaban J connectivity index is 1.61. The van der Waals surface area contributed by atoms with Crippen molar-refractivity contribution in [3.63, 3.8) is 0 Å². The van der Waals surface area contributed by atoms with Crippen LogP contribution < -0.4 is 10.9 Å². The average Bonchev–Trinajstić information content (AvgIpc) is 3.30. The summed E-state index contributed by atoms with van der Waals surface area (Å²) >= 11 is 0. The van der Waals surface area contributed by atoms with Crippen molar-refractivity contribution in [3.05, 3.63) is 58.2 Å². The first-order valence-electron chi connectivity index (χ1n) is 8.41. The van der Waals surface area contributed by atoms with E-state index in [1.165, 1.54) is 0 Å². The smallest absolute Gasteiger partial charge is 0.261 e. The lowest BCUT2D eigenvalue weighted by Crippen LogP contribution is -2.23. The molecule has 3 aromatic heterocycles. The molecule has 0 fully saturated rings. The summed E-state index contributed by atoms with van der Waals surface area (Å²) in [7, 11) is 0. The summed E-state index contributed by atoms with van der Waals surface area (Å²) in [4.78, 5) is 28.6. The highest BCUT2D eigenvalue weighted by Crippen LogP contribution is 2.13. The number of hydrogen-bond acceptors (Lipinski definition) is 6. The van der Waals surface area contributed by atoms with Crippen LogP contribution in [0, 0.1) is 6.92 Å². The molecular weight excluding hydrogens is 336 g/mol. The van der Waals surface area contributed by atoms with Crippen LogP contribution in [0.15, 0.2) is 44.3 Å². The Hall–Kier alpha value is -3.16. The van der Waals surface area contributed by atoms with Crippen molar-refractivity contribution in [1.29, 1.82) is 0 Å². The van der Waals surface area contributed by atoms with Crippen molar-refractivity contribution in [2.45, 2.75) is 39.8 Å². The van der Waals surface area contributed by atoms with E-state index in [0.29, 0.717) is 36.7 Å². The Morgan fingerprint density at radius 3 is 2.88 bits per heavy atom. The number of rotatable bonds is 7. The molecule has 3 rings (SSSR count). The van der Waals surface area contributed by atoms with Gasteiger partial charge in [0, 0.05) is 25.1 Å². The van der Waals surface area contributed by atoms with Gasteiger partial charge in [-0.25, -0.2) is 0 Å². The molecule has 1 amide bonds. The number of hydrogen-bond donors (Lipinski definition) is 1. The van der Waals surface area contributed by atoms with Gasteiger partial charge in [0.25, 0.3) is 5.56 Å². The van der Waals surface area contributed by atoms with Crippen LogP contribution in [0.4, 0.5) is 0 Å². The van der Waals surface area contributed by atoms with Crippen molar-refractivity contribution in [1.82, 2.24) is 20.0 Å². The molecule has 26 heavy (non-hydrogen) atoms. The Morgan fingerprint density at radius 2 is 2.15 bits per heavy atom. The quantitative estimate of drug-likeness (QED) is 0.695. The van der Waals surface area contributed by atoms with Gasteiger partial charge in [0.2, 0.25) is 17.6 Å². The molecule has 0 aliphatic heterocycles. The third-order valence-electron chi connectivity index (χ3n) is 4.02. The van der Waals surface area contributed by atoms with E-state index in [0.717, 1.165) is 5.69 Å². The minimum absolute atomic E-state index is 0.148. The Morgan fingerprint density at radius 1 is 1.31 bits per heavy atom. The van der Waals surface area contributed by atoms with Crippen molar-refractivity contribution in [3.8, 4) is 11.4 Å². The molecule has 0 radical (unpaired) electrons. The van der Waals surface area contributed by atoms with Crippen molar-refractivity contribution in [2.24, 2.45) is 0 Å². The molecule has 0 saturated heterocycles. The number of aryl methyl sites for hydroxylation is 2. The zero-order chi connectivity index (χ0) is 18.5. The molecule has 3 aromatic rings. The first-order valence-corrected chi connectivity index (χ1v) is 8.41. The van der Waals surface area contributed by atoms with Gasteiger partial charge in [-0.1, -0.05) is 5.16 Å². The van der Waals surface area contributed by atoms with E-state index in [1.54, 1.807) is 29.0 Å². The van der Waals surface area contributed by atoms with Crippen LogP contribution in [0.5, 0.6) is 0 Å². The minimum Gasteiger partial charge on any atom is -0.467 e. The largest absolute Gasteiger partial charge is 0.467 e. The number of carbonyl (C=O) groups is 1. The average molecular weight is 356 g/mol. The molecule has 0 unspecified atom stereocenters. The van der Waals surface area contributed by atoms with Crippen LogP contribution in [0.25, 0.3) is 11.4 Å².